The first-order chi connectivity index (χ1) is 9.04. The molecule has 1 saturated carbocycles. The van der Waals surface area contributed by atoms with Crippen molar-refractivity contribution in [1.82, 2.24) is 5.32 Å². The molecular weight excluding hydrogens is 326 g/mol. The molecule has 5 heteroatoms. The van der Waals surface area contributed by atoms with Gasteiger partial charge in [0.25, 0.3) is 0 Å². The third kappa shape index (κ3) is 3.58. The highest BCUT2D eigenvalue weighted by atomic mass is 79.9. The van der Waals surface area contributed by atoms with Crippen LogP contribution in [0, 0.1) is 5.92 Å². The van der Waals surface area contributed by atoms with Crippen molar-refractivity contribution in [3.8, 4) is 0 Å². The predicted octanol–water partition coefficient (Wildman–Crippen LogP) is 3.00. The van der Waals surface area contributed by atoms with Crippen LogP contribution in [-0.2, 0) is 9.84 Å². The molecule has 1 unspecified atom stereocenters. The lowest BCUT2D eigenvalue weighted by Gasteiger charge is -2.23. The van der Waals surface area contributed by atoms with E-state index in [0.717, 1.165) is 12.8 Å². The van der Waals surface area contributed by atoms with Crippen LogP contribution in [0.4, 0.5) is 0 Å². The van der Waals surface area contributed by atoms with Crippen molar-refractivity contribution in [3.05, 3.63) is 28.7 Å². The fourth-order valence-electron chi connectivity index (χ4n) is 2.84. The minimum atomic E-state index is -3.25. The molecule has 1 atom stereocenters. The maximum atomic E-state index is 12.5. The lowest BCUT2D eigenvalue weighted by Crippen LogP contribution is -2.38. The molecule has 2 rings (SSSR count). The van der Waals surface area contributed by atoms with Gasteiger partial charge in [0.05, 0.1) is 10.6 Å². The number of rotatable bonds is 5. The number of hydrogen-bond acceptors (Lipinski definition) is 3. The second-order valence-corrected chi connectivity index (χ2v) is 8.01. The van der Waals surface area contributed by atoms with Crippen LogP contribution in [0.2, 0.25) is 0 Å². The summed E-state index contributed by atoms with van der Waals surface area (Å²) in [5, 5.41) is 3.19. The molecule has 1 aromatic rings. The molecular formula is C14H20BrNO2S. The molecule has 3 nitrogen and oxygen atoms in total. The van der Waals surface area contributed by atoms with Crippen molar-refractivity contribution in [2.24, 2.45) is 5.92 Å². The van der Waals surface area contributed by atoms with Crippen LogP contribution in [0.15, 0.2) is 33.6 Å². The number of hydrogen-bond donors (Lipinski definition) is 1. The fourth-order valence-corrected chi connectivity index (χ4v) is 5.60. The van der Waals surface area contributed by atoms with Crippen LogP contribution in [-0.4, -0.2) is 27.3 Å². The highest BCUT2D eigenvalue weighted by molar-refractivity contribution is 9.10. The maximum Gasteiger partial charge on any atom is 0.181 e. The van der Waals surface area contributed by atoms with E-state index >= 15 is 0 Å². The lowest BCUT2D eigenvalue weighted by molar-refractivity contribution is 0.404. The zero-order valence-electron chi connectivity index (χ0n) is 11.1. The van der Waals surface area contributed by atoms with E-state index in [2.05, 4.69) is 21.2 Å². The summed E-state index contributed by atoms with van der Waals surface area (Å²) in [4.78, 5) is 0.397. The van der Waals surface area contributed by atoms with Crippen molar-refractivity contribution in [1.29, 1.82) is 0 Å². The van der Waals surface area contributed by atoms with E-state index in [-0.39, 0.29) is 11.8 Å². The predicted molar refractivity (Wildman–Crippen MR) is 81.0 cm³/mol. The molecule has 0 radical (unpaired) electrons. The normalized spacial score (nSPS) is 18.6. The second kappa shape index (κ2) is 6.37. The number of nitrogens with one attached hydrogen (secondary N) is 1. The van der Waals surface area contributed by atoms with Crippen LogP contribution in [0.1, 0.15) is 25.7 Å². The first kappa shape index (κ1) is 15.0. The highest BCUT2D eigenvalue weighted by Crippen LogP contribution is 2.30. The zero-order valence-corrected chi connectivity index (χ0v) is 13.5. The Balaban J connectivity index is 2.18. The van der Waals surface area contributed by atoms with E-state index in [0.29, 0.717) is 15.3 Å². The molecule has 106 valence electrons. The fraction of sp³-hybridized carbons (Fsp3) is 0.571. The van der Waals surface area contributed by atoms with Crippen LogP contribution in [0.25, 0.3) is 0 Å². The van der Waals surface area contributed by atoms with Crippen LogP contribution in [0.5, 0.6) is 0 Å². The monoisotopic (exact) mass is 345 g/mol. The minimum Gasteiger partial charge on any atom is -0.316 e. The molecule has 0 aromatic heterocycles. The standard InChI is InChI=1S/C14H20BrNO2S/c1-16-13(11-6-2-3-7-11)10-19(17,18)14-9-5-4-8-12(14)15/h4-5,8-9,11,13,16H,2-3,6-7,10H2,1H3. The van der Waals surface area contributed by atoms with Crippen molar-refractivity contribution >= 4 is 25.8 Å². The van der Waals surface area contributed by atoms with Gasteiger partial charge in [-0.15, -0.1) is 0 Å². The second-order valence-electron chi connectivity index (χ2n) is 5.15. The minimum absolute atomic E-state index is 0.0552. The molecule has 0 aliphatic heterocycles. The molecule has 0 saturated heterocycles. The van der Waals surface area contributed by atoms with Gasteiger partial charge in [0, 0.05) is 10.5 Å². The first-order valence-electron chi connectivity index (χ1n) is 6.69. The van der Waals surface area contributed by atoms with E-state index in [9.17, 15) is 8.42 Å². The topological polar surface area (TPSA) is 46.2 Å². The third-order valence-corrected chi connectivity index (χ3v) is 6.69. The highest BCUT2D eigenvalue weighted by Gasteiger charge is 2.29. The molecule has 1 aromatic carbocycles. The summed E-state index contributed by atoms with van der Waals surface area (Å²) in [5.41, 5.74) is 0. The summed E-state index contributed by atoms with van der Waals surface area (Å²) in [6, 6.07) is 7.09. The van der Waals surface area contributed by atoms with Gasteiger partial charge < -0.3 is 5.32 Å². The third-order valence-electron chi connectivity index (χ3n) is 3.91. The Morgan fingerprint density at radius 1 is 1.32 bits per heavy atom. The van der Waals surface area contributed by atoms with Gasteiger partial charge >= 0.3 is 0 Å². The number of benzene rings is 1. The quantitative estimate of drug-likeness (QED) is 0.892. The van der Waals surface area contributed by atoms with E-state index < -0.39 is 9.84 Å². The molecule has 1 aliphatic carbocycles. The summed E-state index contributed by atoms with van der Waals surface area (Å²) in [7, 11) is -1.39. The van der Waals surface area contributed by atoms with E-state index in [1.165, 1.54) is 12.8 Å². The summed E-state index contributed by atoms with van der Waals surface area (Å²) in [6.45, 7) is 0. The first-order valence-corrected chi connectivity index (χ1v) is 9.13. The van der Waals surface area contributed by atoms with E-state index in [1.54, 1.807) is 18.2 Å². The van der Waals surface area contributed by atoms with Gasteiger partial charge in [-0.1, -0.05) is 25.0 Å². The van der Waals surface area contributed by atoms with Gasteiger partial charge in [-0.05, 0) is 53.9 Å². The summed E-state index contributed by atoms with van der Waals surface area (Å²) in [6.07, 6.45) is 4.71. The molecule has 1 aliphatic rings. The van der Waals surface area contributed by atoms with Crippen molar-refractivity contribution < 1.29 is 8.42 Å². The van der Waals surface area contributed by atoms with Gasteiger partial charge in [-0.25, -0.2) is 8.42 Å². The summed E-state index contributed by atoms with van der Waals surface area (Å²) >= 11 is 3.33. The number of halogens is 1. The molecule has 1 N–H and O–H groups in total. The Morgan fingerprint density at radius 3 is 2.53 bits per heavy atom. The summed E-state index contributed by atoms with van der Waals surface area (Å²) < 4.78 is 25.7. The average molecular weight is 346 g/mol. The molecule has 0 bridgehead atoms. The van der Waals surface area contributed by atoms with E-state index in [1.807, 2.05) is 13.1 Å². The lowest BCUT2D eigenvalue weighted by atomic mass is 10.0. The average Bonchev–Trinajstić information content (AvgIpc) is 2.90. The van der Waals surface area contributed by atoms with E-state index in [4.69, 9.17) is 0 Å². The van der Waals surface area contributed by atoms with Gasteiger partial charge in [-0.2, -0.15) is 0 Å². The van der Waals surface area contributed by atoms with Crippen molar-refractivity contribution in [2.75, 3.05) is 12.8 Å². The number of sulfone groups is 1. The Kier molecular flexibility index (Phi) is 5.03. The Bertz CT molecular complexity index is 524. The maximum absolute atomic E-state index is 12.5. The molecule has 0 heterocycles. The smallest absolute Gasteiger partial charge is 0.181 e. The van der Waals surface area contributed by atoms with Crippen molar-refractivity contribution in [3.63, 3.8) is 0 Å². The SMILES string of the molecule is CNC(CS(=O)(=O)c1ccccc1Br)C1CCCC1. The molecule has 19 heavy (non-hydrogen) atoms. The van der Waals surface area contributed by atoms with Gasteiger partial charge in [0.15, 0.2) is 9.84 Å². The van der Waals surface area contributed by atoms with Gasteiger partial charge in [0.1, 0.15) is 0 Å². The van der Waals surface area contributed by atoms with Crippen LogP contribution in [0.3, 0.4) is 0 Å². The Hall–Kier alpha value is -0.390. The van der Waals surface area contributed by atoms with Crippen molar-refractivity contribution in [2.45, 2.75) is 36.6 Å². The van der Waals surface area contributed by atoms with Crippen LogP contribution >= 0.6 is 15.9 Å². The molecule has 0 amide bonds. The summed E-state index contributed by atoms with van der Waals surface area (Å²) in [5.74, 6) is 0.666. The zero-order chi connectivity index (χ0) is 13.9. The van der Waals surface area contributed by atoms with Crippen LogP contribution < -0.4 is 5.32 Å². The Labute approximate surface area is 123 Å². The van der Waals surface area contributed by atoms with Gasteiger partial charge in [-0.3, -0.25) is 0 Å². The largest absolute Gasteiger partial charge is 0.316 e. The molecule has 0 spiro atoms. The molecule has 1 fully saturated rings. The van der Waals surface area contributed by atoms with Gasteiger partial charge in [0.2, 0.25) is 0 Å². The Morgan fingerprint density at radius 2 is 1.95 bits per heavy atom.